The Labute approximate surface area is 191 Å². The van der Waals surface area contributed by atoms with Crippen molar-refractivity contribution in [3.63, 3.8) is 0 Å². The Balaban J connectivity index is 1.93. The summed E-state index contributed by atoms with van der Waals surface area (Å²) in [6.07, 6.45) is 0. The van der Waals surface area contributed by atoms with E-state index in [4.69, 9.17) is 20.9 Å². The number of nitrogens with zero attached hydrogens (tertiary/aromatic N) is 2. The van der Waals surface area contributed by atoms with Crippen LogP contribution in [0.25, 0.3) is 5.76 Å². The largest absolute Gasteiger partial charge is 0.507 e. The zero-order valence-corrected chi connectivity index (χ0v) is 18.8. The van der Waals surface area contributed by atoms with Crippen LogP contribution in [0.1, 0.15) is 22.9 Å². The SMILES string of the molecule is COc1ccc(/C(O)=C2\C(=O)C(=O)N(c3cc(C)on3)C2c2ccc(Br)cc2)cc1Cl. The molecule has 1 aliphatic rings. The van der Waals surface area contributed by atoms with Crippen LogP contribution in [0.4, 0.5) is 5.82 Å². The lowest BCUT2D eigenvalue weighted by Crippen LogP contribution is -2.29. The number of methoxy groups -OCH3 is 1. The molecule has 2 heterocycles. The van der Waals surface area contributed by atoms with Crippen molar-refractivity contribution in [3.05, 3.63) is 80.5 Å². The predicted molar refractivity (Wildman–Crippen MR) is 118 cm³/mol. The lowest BCUT2D eigenvalue weighted by Gasteiger charge is -2.23. The molecule has 1 fully saturated rings. The Hall–Kier alpha value is -3.10. The van der Waals surface area contributed by atoms with Crippen LogP contribution in [0.5, 0.6) is 5.75 Å². The van der Waals surface area contributed by atoms with Gasteiger partial charge in [0.2, 0.25) is 0 Å². The van der Waals surface area contributed by atoms with Gasteiger partial charge in [-0.3, -0.25) is 14.5 Å². The molecule has 1 saturated heterocycles. The van der Waals surface area contributed by atoms with Crippen molar-refractivity contribution >= 4 is 50.8 Å². The van der Waals surface area contributed by atoms with Gasteiger partial charge in [0, 0.05) is 16.1 Å². The van der Waals surface area contributed by atoms with Gasteiger partial charge in [-0.2, -0.15) is 0 Å². The molecule has 1 unspecified atom stereocenters. The van der Waals surface area contributed by atoms with Crippen molar-refractivity contribution in [2.24, 2.45) is 0 Å². The molecule has 1 aromatic heterocycles. The first kappa shape index (κ1) is 21.1. The number of hydrogen-bond acceptors (Lipinski definition) is 6. The third kappa shape index (κ3) is 3.73. The fraction of sp³-hybridized carbons (Fsp3) is 0.136. The number of rotatable bonds is 4. The van der Waals surface area contributed by atoms with Gasteiger partial charge in [0.05, 0.1) is 23.7 Å². The number of carbonyl (C=O) groups is 2. The highest BCUT2D eigenvalue weighted by Gasteiger charge is 2.48. The average molecular weight is 504 g/mol. The molecule has 1 atom stereocenters. The number of amides is 1. The number of hydrogen-bond donors (Lipinski definition) is 1. The van der Waals surface area contributed by atoms with Crippen molar-refractivity contribution in [2.75, 3.05) is 12.0 Å². The van der Waals surface area contributed by atoms with E-state index < -0.39 is 17.7 Å². The average Bonchev–Trinajstić information content (AvgIpc) is 3.29. The minimum Gasteiger partial charge on any atom is -0.507 e. The normalized spacial score (nSPS) is 17.9. The summed E-state index contributed by atoms with van der Waals surface area (Å²) < 4.78 is 11.1. The molecule has 0 radical (unpaired) electrons. The van der Waals surface area contributed by atoms with Crippen LogP contribution in [-0.2, 0) is 9.59 Å². The van der Waals surface area contributed by atoms with Gasteiger partial charge in [0.15, 0.2) is 5.82 Å². The van der Waals surface area contributed by atoms with Crippen LogP contribution in [-0.4, -0.2) is 29.1 Å². The number of benzene rings is 2. The summed E-state index contributed by atoms with van der Waals surface area (Å²) in [6.45, 7) is 1.68. The predicted octanol–water partition coefficient (Wildman–Crippen LogP) is 5.03. The van der Waals surface area contributed by atoms with Crippen molar-refractivity contribution in [1.29, 1.82) is 0 Å². The van der Waals surface area contributed by atoms with Gasteiger partial charge in [0.1, 0.15) is 17.3 Å². The maximum atomic E-state index is 13.0. The van der Waals surface area contributed by atoms with E-state index in [1.807, 2.05) is 0 Å². The van der Waals surface area contributed by atoms with Crippen LogP contribution >= 0.6 is 27.5 Å². The maximum absolute atomic E-state index is 13.0. The topological polar surface area (TPSA) is 92.9 Å². The first-order chi connectivity index (χ1) is 14.8. The molecule has 9 heteroatoms. The van der Waals surface area contributed by atoms with Crippen LogP contribution < -0.4 is 9.64 Å². The third-order valence-electron chi connectivity index (χ3n) is 4.92. The highest BCUT2D eigenvalue weighted by molar-refractivity contribution is 9.10. The van der Waals surface area contributed by atoms with Crippen LogP contribution in [0, 0.1) is 6.92 Å². The fourth-order valence-corrected chi connectivity index (χ4v) is 3.99. The molecule has 0 bridgehead atoms. The van der Waals surface area contributed by atoms with E-state index in [9.17, 15) is 14.7 Å². The minimum atomic E-state index is -0.904. The lowest BCUT2D eigenvalue weighted by atomic mass is 9.95. The molecule has 31 heavy (non-hydrogen) atoms. The van der Waals surface area contributed by atoms with Crippen LogP contribution in [0.3, 0.4) is 0 Å². The smallest absolute Gasteiger partial charge is 0.301 e. The van der Waals surface area contributed by atoms with Crippen molar-refractivity contribution in [1.82, 2.24) is 5.16 Å². The second-order valence-corrected chi connectivity index (χ2v) is 8.19. The Morgan fingerprint density at radius 2 is 1.90 bits per heavy atom. The molecule has 2 aromatic carbocycles. The third-order valence-corrected chi connectivity index (χ3v) is 5.74. The molecule has 7 nitrogen and oxygen atoms in total. The van der Waals surface area contributed by atoms with Crippen molar-refractivity contribution in [2.45, 2.75) is 13.0 Å². The number of ketones is 1. The van der Waals surface area contributed by atoms with E-state index in [1.54, 1.807) is 49.4 Å². The Kier molecular flexibility index (Phi) is 5.60. The molecule has 0 saturated carbocycles. The summed E-state index contributed by atoms with van der Waals surface area (Å²) >= 11 is 9.58. The summed E-state index contributed by atoms with van der Waals surface area (Å²) in [5, 5.41) is 15.2. The van der Waals surface area contributed by atoms with E-state index >= 15 is 0 Å². The molecule has 4 rings (SSSR count). The van der Waals surface area contributed by atoms with Crippen molar-refractivity contribution < 1.29 is 24.0 Å². The molecular weight excluding hydrogens is 488 g/mol. The number of anilines is 1. The zero-order chi connectivity index (χ0) is 22.3. The van der Waals surface area contributed by atoms with Gasteiger partial charge in [-0.05, 0) is 42.8 Å². The van der Waals surface area contributed by atoms with E-state index in [1.165, 1.54) is 18.1 Å². The molecule has 1 aliphatic heterocycles. The van der Waals surface area contributed by atoms with Gasteiger partial charge in [-0.1, -0.05) is 44.8 Å². The zero-order valence-electron chi connectivity index (χ0n) is 16.4. The first-order valence-corrected chi connectivity index (χ1v) is 10.3. The number of aliphatic hydroxyl groups excluding tert-OH is 1. The summed E-state index contributed by atoms with van der Waals surface area (Å²) in [7, 11) is 1.47. The van der Waals surface area contributed by atoms with Crippen LogP contribution in [0.15, 0.2) is 63.1 Å². The van der Waals surface area contributed by atoms with Gasteiger partial charge in [-0.25, -0.2) is 0 Å². The van der Waals surface area contributed by atoms with Gasteiger partial charge in [0.25, 0.3) is 5.78 Å². The Bertz CT molecular complexity index is 1220. The number of aryl methyl sites for hydroxylation is 1. The second-order valence-electron chi connectivity index (χ2n) is 6.87. The summed E-state index contributed by atoms with van der Waals surface area (Å²) in [5.74, 6) is -0.923. The number of ether oxygens (including phenoxy) is 1. The monoisotopic (exact) mass is 502 g/mol. The quantitative estimate of drug-likeness (QED) is 0.305. The van der Waals surface area contributed by atoms with Crippen molar-refractivity contribution in [3.8, 4) is 5.75 Å². The van der Waals surface area contributed by atoms with Gasteiger partial charge < -0.3 is 14.4 Å². The summed E-state index contributed by atoms with van der Waals surface area (Å²) in [6, 6.07) is 12.3. The molecule has 0 spiro atoms. The summed E-state index contributed by atoms with van der Waals surface area (Å²) in [4.78, 5) is 27.2. The molecule has 1 N–H and O–H groups in total. The number of aliphatic hydroxyl groups is 1. The van der Waals surface area contributed by atoms with E-state index in [0.29, 0.717) is 17.1 Å². The highest BCUT2D eigenvalue weighted by Crippen LogP contribution is 2.42. The van der Waals surface area contributed by atoms with Crippen LogP contribution in [0.2, 0.25) is 5.02 Å². The highest BCUT2D eigenvalue weighted by atomic mass is 79.9. The number of Topliss-reactive ketones (excluding diaryl/α,β-unsaturated/α-hetero) is 1. The molecule has 1 amide bonds. The molecule has 158 valence electrons. The van der Waals surface area contributed by atoms with Gasteiger partial charge >= 0.3 is 5.91 Å². The molecule has 0 aliphatic carbocycles. The number of carbonyl (C=O) groups excluding carboxylic acids is 2. The minimum absolute atomic E-state index is 0.0748. The second kappa shape index (κ2) is 8.20. The fourth-order valence-electron chi connectivity index (χ4n) is 3.47. The molecule has 3 aromatic rings. The first-order valence-electron chi connectivity index (χ1n) is 9.15. The number of halogens is 2. The standard InChI is InChI=1S/C22H16BrClN2O5/c1-11-9-17(25-31-11)26-19(12-3-6-14(23)7-4-12)18(21(28)22(26)29)20(27)13-5-8-16(30-2)15(24)10-13/h3-10,19,27H,1-2H3/b20-18+. The maximum Gasteiger partial charge on any atom is 0.301 e. The number of aromatic nitrogens is 1. The van der Waals surface area contributed by atoms with E-state index in [0.717, 1.165) is 4.47 Å². The molecular formula is C22H16BrClN2O5. The van der Waals surface area contributed by atoms with Gasteiger partial charge in [-0.15, -0.1) is 0 Å². The Morgan fingerprint density at radius 1 is 1.19 bits per heavy atom. The lowest BCUT2D eigenvalue weighted by molar-refractivity contribution is -0.132. The Morgan fingerprint density at radius 3 is 2.48 bits per heavy atom. The van der Waals surface area contributed by atoms with E-state index in [2.05, 4.69) is 21.1 Å². The van der Waals surface area contributed by atoms with E-state index in [-0.39, 0.29) is 27.7 Å². The summed E-state index contributed by atoms with van der Waals surface area (Å²) in [5.41, 5.74) is 0.820.